The molecule has 0 amide bonds. The second kappa shape index (κ2) is 8.73. The Bertz CT molecular complexity index is 871. The van der Waals surface area contributed by atoms with E-state index in [0.29, 0.717) is 22.9 Å². The van der Waals surface area contributed by atoms with E-state index in [1.807, 2.05) is 0 Å². The lowest BCUT2D eigenvalue weighted by Gasteiger charge is -2.22. The molecule has 5 N–H and O–H groups in total. The third-order valence-corrected chi connectivity index (χ3v) is 4.88. The fraction of sp³-hybridized carbons (Fsp3) is 0.381. The van der Waals surface area contributed by atoms with Gasteiger partial charge in [0.1, 0.15) is 11.5 Å². The van der Waals surface area contributed by atoms with Crippen molar-refractivity contribution in [3.63, 3.8) is 0 Å². The summed E-state index contributed by atoms with van der Waals surface area (Å²) in [4.78, 5) is 15.3. The average molecular weight is 380 g/mol. The number of nitrogens with one attached hydrogen (secondary N) is 1. The van der Waals surface area contributed by atoms with Gasteiger partial charge in [-0.1, -0.05) is 36.4 Å². The van der Waals surface area contributed by atoms with E-state index in [4.69, 9.17) is 11.5 Å². The molecule has 1 aromatic carbocycles. The van der Waals surface area contributed by atoms with Crippen LogP contribution < -0.4 is 16.8 Å². The predicted octanol–water partition coefficient (Wildman–Crippen LogP) is 2.51. The van der Waals surface area contributed by atoms with Crippen molar-refractivity contribution in [3.05, 3.63) is 53.4 Å². The lowest BCUT2D eigenvalue weighted by atomic mass is 10.1. The van der Waals surface area contributed by atoms with Crippen molar-refractivity contribution < 1.29 is 0 Å². The van der Waals surface area contributed by atoms with E-state index in [1.54, 1.807) is 6.92 Å². The monoisotopic (exact) mass is 379 g/mol. The van der Waals surface area contributed by atoms with Crippen LogP contribution in [0.2, 0.25) is 0 Å². The van der Waals surface area contributed by atoms with E-state index in [2.05, 4.69) is 62.9 Å². The van der Waals surface area contributed by atoms with E-state index >= 15 is 0 Å². The van der Waals surface area contributed by atoms with Crippen molar-refractivity contribution >= 4 is 23.3 Å². The minimum Gasteiger partial charge on any atom is -0.382 e. The van der Waals surface area contributed by atoms with Gasteiger partial charge in [0, 0.05) is 13.1 Å². The van der Waals surface area contributed by atoms with Gasteiger partial charge in [0.15, 0.2) is 11.8 Å². The molecular formula is C21H29N7. The van der Waals surface area contributed by atoms with Crippen molar-refractivity contribution in [2.75, 3.05) is 31.1 Å². The quantitative estimate of drug-likeness (QED) is 0.638. The van der Waals surface area contributed by atoms with Gasteiger partial charge in [0.25, 0.3) is 0 Å². The van der Waals surface area contributed by atoms with Crippen LogP contribution in [0.15, 0.2) is 35.8 Å². The van der Waals surface area contributed by atoms with Crippen LogP contribution in [0.25, 0.3) is 5.70 Å². The van der Waals surface area contributed by atoms with Crippen LogP contribution in [0.3, 0.4) is 0 Å². The summed E-state index contributed by atoms with van der Waals surface area (Å²) in [7, 11) is 0. The van der Waals surface area contributed by atoms with Crippen LogP contribution in [0.5, 0.6) is 0 Å². The first-order valence-electron chi connectivity index (χ1n) is 9.65. The molecule has 0 atom stereocenters. The third kappa shape index (κ3) is 4.79. The number of hydrogen-bond acceptors (Lipinski definition) is 7. The van der Waals surface area contributed by atoms with Crippen LogP contribution in [0.1, 0.15) is 35.4 Å². The van der Waals surface area contributed by atoms with Crippen molar-refractivity contribution in [3.8, 4) is 0 Å². The largest absolute Gasteiger partial charge is 0.382 e. The van der Waals surface area contributed by atoms with Crippen LogP contribution in [-0.2, 0) is 6.42 Å². The summed E-state index contributed by atoms with van der Waals surface area (Å²) in [5, 5.41) is 3.26. The van der Waals surface area contributed by atoms with Gasteiger partial charge < -0.3 is 21.7 Å². The van der Waals surface area contributed by atoms with E-state index < -0.39 is 0 Å². The maximum atomic E-state index is 5.95. The summed E-state index contributed by atoms with van der Waals surface area (Å²) in [6.45, 7) is 10.6. The number of hydrogen-bond donors (Lipinski definition) is 3. The highest BCUT2D eigenvalue weighted by Crippen LogP contribution is 2.18. The molecule has 148 valence electrons. The van der Waals surface area contributed by atoms with Crippen molar-refractivity contribution in [2.24, 2.45) is 4.99 Å². The number of guanidine groups is 1. The molecule has 0 aliphatic carbocycles. The molecule has 1 aliphatic rings. The van der Waals surface area contributed by atoms with Crippen LogP contribution in [-0.4, -0.2) is 40.5 Å². The van der Waals surface area contributed by atoms with Gasteiger partial charge in [-0.15, -0.1) is 0 Å². The van der Waals surface area contributed by atoms with Crippen LogP contribution in [0.4, 0.5) is 11.6 Å². The van der Waals surface area contributed by atoms with Crippen molar-refractivity contribution in [1.29, 1.82) is 0 Å². The molecule has 3 rings (SSSR count). The normalized spacial score (nSPS) is 13.5. The van der Waals surface area contributed by atoms with Crippen LogP contribution >= 0.6 is 0 Å². The lowest BCUT2D eigenvalue weighted by Crippen LogP contribution is -2.38. The number of benzene rings is 1. The topological polar surface area (TPSA) is 105 Å². The number of aliphatic imine (C=N–C) groups is 1. The number of nitrogens with zero attached hydrogens (tertiary/aromatic N) is 4. The molecule has 0 unspecified atom stereocenters. The molecule has 2 aromatic rings. The minimum absolute atomic E-state index is 0.267. The molecule has 1 aromatic heterocycles. The molecule has 0 spiro atoms. The number of nitrogens with two attached hydrogens (primary N) is 2. The zero-order valence-corrected chi connectivity index (χ0v) is 16.7. The molecule has 28 heavy (non-hydrogen) atoms. The van der Waals surface area contributed by atoms with Gasteiger partial charge in [-0.05, 0) is 38.7 Å². The van der Waals surface area contributed by atoms with E-state index in [-0.39, 0.29) is 5.82 Å². The Balaban J connectivity index is 1.51. The summed E-state index contributed by atoms with van der Waals surface area (Å²) in [6.07, 6.45) is 3.34. The number of anilines is 2. The first-order valence-corrected chi connectivity index (χ1v) is 9.65. The number of aromatic nitrogens is 2. The Morgan fingerprint density at radius 2 is 1.86 bits per heavy atom. The number of nitrogen functional groups attached to an aromatic ring is 2. The number of unbranched alkanes of at least 4 members (excludes halogenated alkanes) is 1. The van der Waals surface area contributed by atoms with Gasteiger partial charge in [-0.25, -0.2) is 9.97 Å². The van der Waals surface area contributed by atoms with Gasteiger partial charge >= 0.3 is 0 Å². The maximum Gasteiger partial charge on any atom is 0.198 e. The van der Waals surface area contributed by atoms with Crippen molar-refractivity contribution in [1.82, 2.24) is 20.2 Å². The Kier molecular flexibility index (Phi) is 6.13. The van der Waals surface area contributed by atoms with E-state index in [1.165, 1.54) is 11.1 Å². The smallest absolute Gasteiger partial charge is 0.198 e. The highest BCUT2D eigenvalue weighted by atomic mass is 15.3. The summed E-state index contributed by atoms with van der Waals surface area (Å²) in [6, 6.07) is 8.76. The van der Waals surface area contributed by atoms with E-state index in [9.17, 15) is 0 Å². The molecule has 7 nitrogen and oxygen atoms in total. The van der Waals surface area contributed by atoms with Gasteiger partial charge in [0.2, 0.25) is 0 Å². The zero-order valence-electron chi connectivity index (χ0n) is 16.7. The molecule has 0 bridgehead atoms. The molecule has 0 radical (unpaired) electrons. The molecular weight excluding hydrogens is 350 g/mol. The zero-order chi connectivity index (χ0) is 20.1. The fourth-order valence-electron chi connectivity index (χ4n) is 3.17. The SMILES string of the molecule is C=C(NC1=NCCN1CCCCc1ccc(C)cc1)c1nc(C)c(N)nc1N. The minimum atomic E-state index is 0.267. The second-order valence-electron chi connectivity index (χ2n) is 7.17. The highest BCUT2D eigenvalue weighted by molar-refractivity contribution is 5.90. The molecule has 0 fully saturated rings. The van der Waals surface area contributed by atoms with E-state index in [0.717, 1.165) is 44.9 Å². The lowest BCUT2D eigenvalue weighted by molar-refractivity contribution is 0.430. The van der Waals surface area contributed by atoms with Gasteiger partial charge in [-0.3, -0.25) is 4.99 Å². The third-order valence-electron chi connectivity index (χ3n) is 4.88. The molecule has 7 heteroatoms. The van der Waals surface area contributed by atoms with Gasteiger partial charge in [-0.2, -0.15) is 0 Å². The van der Waals surface area contributed by atoms with Crippen LogP contribution in [0, 0.1) is 13.8 Å². The summed E-state index contributed by atoms with van der Waals surface area (Å²) < 4.78 is 0. The Labute approximate surface area is 166 Å². The summed E-state index contributed by atoms with van der Waals surface area (Å²) in [5.41, 5.74) is 16.1. The average Bonchev–Trinajstić information content (AvgIpc) is 3.10. The predicted molar refractivity (Wildman–Crippen MR) is 116 cm³/mol. The molecule has 0 saturated heterocycles. The Morgan fingerprint density at radius 1 is 1.11 bits per heavy atom. The molecule has 1 aliphatic heterocycles. The molecule has 0 saturated carbocycles. The second-order valence-corrected chi connectivity index (χ2v) is 7.17. The first-order chi connectivity index (χ1) is 13.4. The standard InChI is InChI=1S/C21H29N7/c1-14-7-9-17(10-8-14)6-4-5-12-28-13-11-24-21(28)26-15(2)18-20(23)27-19(22)16(3)25-18/h7-10H,2,4-6,11-13H2,1,3H3,(H,24,26)(H4,22,23,27). The first kappa shape index (κ1) is 19.7. The Hall–Kier alpha value is -3.09. The van der Waals surface area contributed by atoms with Crippen molar-refractivity contribution in [2.45, 2.75) is 33.1 Å². The summed E-state index contributed by atoms with van der Waals surface area (Å²) in [5.74, 6) is 1.42. The highest BCUT2D eigenvalue weighted by Gasteiger charge is 2.19. The number of rotatable bonds is 7. The molecule has 2 heterocycles. The number of aryl methyl sites for hydroxylation is 3. The summed E-state index contributed by atoms with van der Waals surface area (Å²) >= 11 is 0. The van der Waals surface area contributed by atoms with Gasteiger partial charge in [0.05, 0.1) is 17.9 Å². The fourth-order valence-corrected chi connectivity index (χ4v) is 3.17. The Morgan fingerprint density at radius 3 is 2.61 bits per heavy atom. The maximum absolute atomic E-state index is 5.95.